The van der Waals surface area contributed by atoms with Gasteiger partial charge >= 0.3 is 0 Å². The highest BCUT2D eigenvalue weighted by Gasteiger charge is 2.20. The van der Waals surface area contributed by atoms with Crippen molar-refractivity contribution in [2.45, 2.75) is 18.6 Å². The minimum Gasteiger partial charge on any atom is -0.347 e. The Balaban J connectivity index is 1.91. The van der Waals surface area contributed by atoms with Crippen LogP contribution in [0, 0.1) is 0 Å². The second-order valence-corrected chi connectivity index (χ2v) is 5.94. The number of para-hydroxylation sites is 1. The molecule has 92 valence electrons. The van der Waals surface area contributed by atoms with E-state index in [-0.39, 0.29) is 0 Å². The lowest BCUT2D eigenvalue weighted by molar-refractivity contribution is 0.430. The van der Waals surface area contributed by atoms with E-state index < -0.39 is 0 Å². The van der Waals surface area contributed by atoms with Gasteiger partial charge in [-0.25, -0.2) is 0 Å². The second-order valence-electron chi connectivity index (χ2n) is 4.14. The van der Waals surface area contributed by atoms with E-state index in [1.165, 1.54) is 12.2 Å². The van der Waals surface area contributed by atoms with Crippen LogP contribution in [0.4, 0.5) is 5.69 Å². The van der Waals surface area contributed by atoms with Gasteiger partial charge in [0.05, 0.1) is 0 Å². The molecule has 0 amide bonds. The molecule has 1 aliphatic rings. The predicted molar refractivity (Wildman–Crippen MR) is 80.8 cm³/mol. The van der Waals surface area contributed by atoms with Crippen LogP contribution in [-0.4, -0.2) is 34.1 Å². The zero-order valence-corrected chi connectivity index (χ0v) is 11.7. The topological polar surface area (TPSA) is 15.3 Å². The molecule has 4 heteroatoms. The normalized spacial score (nSPS) is 20.1. The van der Waals surface area contributed by atoms with E-state index in [2.05, 4.69) is 28.9 Å². The molecule has 1 unspecified atom stereocenters. The van der Waals surface area contributed by atoms with Gasteiger partial charge in [0, 0.05) is 29.8 Å². The van der Waals surface area contributed by atoms with Crippen molar-refractivity contribution in [2.24, 2.45) is 0 Å². The Morgan fingerprint density at radius 1 is 1.47 bits per heavy atom. The standard InChI is InChI=1S/C13H18N2S2/c1-2-12-10-15(8-9-17-12)13(16)14-11-6-4-3-5-7-11/h3-7,12H,2,8-10H2,1H3,(H,14,16). The zero-order valence-electron chi connectivity index (χ0n) is 10.1. The number of hydrogen-bond donors (Lipinski definition) is 1. The summed E-state index contributed by atoms with van der Waals surface area (Å²) in [6.45, 7) is 4.37. The molecule has 0 saturated carbocycles. The van der Waals surface area contributed by atoms with Gasteiger partial charge in [-0.05, 0) is 30.8 Å². The fraction of sp³-hybridized carbons (Fsp3) is 0.462. The van der Waals surface area contributed by atoms with E-state index in [1.807, 2.05) is 30.3 Å². The van der Waals surface area contributed by atoms with Gasteiger partial charge < -0.3 is 10.2 Å². The fourth-order valence-corrected chi connectivity index (χ4v) is 3.34. The zero-order chi connectivity index (χ0) is 12.1. The van der Waals surface area contributed by atoms with Gasteiger partial charge in [0.1, 0.15) is 0 Å². The van der Waals surface area contributed by atoms with Crippen LogP contribution in [0.2, 0.25) is 0 Å². The summed E-state index contributed by atoms with van der Waals surface area (Å²) in [7, 11) is 0. The molecular formula is C13H18N2S2. The summed E-state index contributed by atoms with van der Waals surface area (Å²) in [4.78, 5) is 2.28. The molecule has 0 aliphatic carbocycles. The third-order valence-electron chi connectivity index (χ3n) is 2.91. The van der Waals surface area contributed by atoms with Crippen molar-refractivity contribution in [2.75, 3.05) is 24.2 Å². The van der Waals surface area contributed by atoms with Crippen LogP contribution >= 0.6 is 24.0 Å². The molecule has 0 aromatic heterocycles. The molecule has 1 aromatic rings. The number of thioether (sulfide) groups is 1. The van der Waals surface area contributed by atoms with Gasteiger partial charge in [-0.1, -0.05) is 25.1 Å². The highest BCUT2D eigenvalue weighted by Crippen LogP contribution is 2.21. The minimum absolute atomic E-state index is 0.722. The molecular weight excluding hydrogens is 248 g/mol. The maximum absolute atomic E-state index is 5.46. The Morgan fingerprint density at radius 2 is 2.24 bits per heavy atom. The average molecular weight is 266 g/mol. The molecule has 17 heavy (non-hydrogen) atoms. The molecule has 1 aliphatic heterocycles. The highest BCUT2D eigenvalue weighted by atomic mass is 32.2. The van der Waals surface area contributed by atoms with E-state index in [0.717, 1.165) is 29.1 Å². The van der Waals surface area contributed by atoms with Crippen molar-refractivity contribution in [1.82, 2.24) is 4.90 Å². The predicted octanol–water partition coefficient (Wildman–Crippen LogP) is 3.21. The Labute approximate surface area is 113 Å². The first-order chi connectivity index (χ1) is 8.29. The summed E-state index contributed by atoms with van der Waals surface area (Å²) in [6, 6.07) is 10.1. The Morgan fingerprint density at radius 3 is 2.94 bits per heavy atom. The van der Waals surface area contributed by atoms with Crippen LogP contribution in [0.25, 0.3) is 0 Å². The van der Waals surface area contributed by atoms with Crippen molar-refractivity contribution in [1.29, 1.82) is 0 Å². The molecule has 2 nitrogen and oxygen atoms in total. The monoisotopic (exact) mass is 266 g/mol. The summed E-state index contributed by atoms with van der Waals surface area (Å²) in [6.07, 6.45) is 1.22. The summed E-state index contributed by atoms with van der Waals surface area (Å²) in [5, 5.41) is 4.88. The number of nitrogens with one attached hydrogen (secondary N) is 1. The summed E-state index contributed by atoms with van der Waals surface area (Å²) >= 11 is 7.52. The molecule has 0 spiro atoms. The SMILES string of the molecule is CCC1CN(C(=S)Nc2ccccc2)CCS1. The molecule has 1 heterocycles. The number of nitrogens with zero attached hydrogens (tertiary/aromatic N) is 1. The van der Waals surface area contributed by atoms with Crippen molar-refractivity contribution in [3.63, 3.8) is 0 Å². The Kier molecular flexibility index (Phi) is 4.68. The van der Waals surface area contributed by atoms with E-state index in [9.17, 15) is 0 Å². The molecule has 1 fully saturated rings. The smallest absolute Gasteiger partial charge is 0.173 e. The first-order valence-corrected chi connectivity index (χ1v) is 7.48. The van der Waals surface area contributed by atoms with Crippen LogP contribution in [0.5, 0.6) is 0 Å². The molecule has 0 radical (unpaired) electrons. The van der Waals surface area contributed by atoms with E-state index in [0.29, 0.717) is 0 Å². The second kappa shape index (κ2) is 6.26. The first-order valence-electron chi connectivity index (χ1n) is 6.02. The van der Waals surface area contributed by atoms with Crippen molar-refractivity contribution < 1.29 is 0 Å². The third-order valence-corrected chi connectivity index (χ3v) is 4.64. The molecule has 1 N–H and O–H groups in total. The van der Waals surface area contributed by atoms with Crippen LogP contribution in [-0.2, 0) is 0 Å². The molecule has 2 rings (SSSR count). The number of anilines is 1. The maximum Gasteiger partial charge on any atom is 0.173 e. The molecule has 1 saturated heterocycles. The fourth-order valence-electron chi connectivity index (χ4n) is 1.87. The van der Waals surface area contributed by atoms with Crippen LogP contribution in [0.3, 0.4) is 0 Å². The Bertz CT molecular complexity index is 367. The van der Waals surface area contributed by atoms with Crippen LogP contribution in [0.1, 0.15) is 13.3 Å². The molecule has 1 atom stereocenters. The van der Waals surface area contributed by atoms with E-state index in [1.54, 1.807) is 0 Å². The van der Waals surface area contributed by atoms with Crippen LogP contribution in [0.15, 0.2) is 30.3 Å². The van der Waals surface area contributed by atoms with Crippen LogP contribution < -0.4 is 5.32 Å². The summed E-state index contributed by atoms with van der Waals surface area (Å²) in [5.74, 6) is 1.18. The lowest BCUT2D eigenvalue weighted by Crippen LogP contribution is -2.43. The van der Waals surface area contributed by atoms with Gasteiger partial charge in [0.15, 0.2) is 5.11 Å². The average Bonchev–Trinajstić information content (AvgIpc) is 2.40. The van der Waals surface area contributed by atoms with Gasteiger partial charge in [0.2, 0.25) is 0 Å². The Hall–Kier alpha value is -0.740. The molecule has 0 bridgehead atoms. The largest absolute Gasteiger partial charge is 0.347 e. The first kappa shape index (κ1) is 12.7. The number of rotatable bonds is 2. The van der Waals surface area contributed by atoms with Crippen molar-refractivity contribution in [3.8, 4) is 0 Å². The quantitative estimate of drug-likeness (QED) is 0.826. The highest BCUT2D eigenvalue weighted by molar-refractivity contribution is 8.00. The third kappa shape index (κ3) is 3.61. The summed E-state index contributed by atoms with van der Waals surface area (Å²) in [5.41, 5.74) is 1.07. The lowest BCUT2D eigenvalue weighted by atomic mass is 10.3. The van der Waals surface area contributed by atoms with Gasteiger partial charge in [-0.2, -0.15) is 11.8 Å². The number of thiocarbonyl (C=S) groups is 1. The number of benzene rings is 1. The van der Waals surface area contributed by atoms with Gasteiger partial charge in [-0.15, -0.1) is 0 Å². The van der Waals surface area contributed by atoms with Crippen molar-refractivity contribution in [3.05, 3.63) is 30.3 Å². The van der Waals surface area contributed by atoms with Gasteiger partial charge in [0.25, 0.3) is 0 Å². The summed E-state index contributed by atoms with van der Waals surface area (Å²) < 4.78 is 0. The van der Waals surface area contributed by atoms with Gasteiger partial charge in [-0.3, -0.25) is 0 Å². The number of hydrogen-bond acceptors (Lipinski definition) is 2. The minimum atomic E-state index is 0.722. The van der Waals surface area contributed by atoms with Crippen molar-refractivity contribution >= 4 is 34.8 Å². The lowest BCUT2D eigenvalue weighted by Gasteiger charge is -2.33. The van der Waals surface area contributed by atoms with E-state index >= 15 is 0 Å². The molecule has 1 aromatic carbocycles. The maximum atomic E-state index is 5.46. The van der Waals surface area contributed by atoms with E-state index in [4.69, 9.17) is 12.2 Å².